The summed E-state index contributed by atoms with van der Waals surface area (Å²) in [7, 11) is 0. The van der Waals surface area contributed by atoms with Crippen LogP contribution in [-0.4, -0.2) is 29.8 Å². The second kappa shape index (κ2) is 7.94. The van der Waals surface area contributed by atoms with Gasteiger partial charge in [-0.3, -0.25) is 9.59 Å². The molecule has 5 nitrogen and oxygen atoms in total. The topological polar surface area (TPSA) is 89.4 Å². The molecule has 2 amide bonds. The lowest BCUT2D eigenvalue weighted by Gasteiger charge is -2.20. The second-order valence-electron chi connectivity index (χ2n) is 6.05. The van der Waals surface area contributed by atoms with Crippen LogP contribution in [0.5, 0.6) is 0 Å². The Hall–Kier alpha value is -1.88. The number of nitrogens with two attached hydrogens (primary N) is 2. The Morgan fingerprint density at radius 3 is 2.41 bits per heavy atom. The van der Waals surface area contributed by atoms with Gasteiger partial charge in [0.05, 0.1) is 6.42 Å². The lowest BCUT2D eigenvalue weighted by Crippen LogP contribution is -2.33. The summed E-state index contributed by atoms with van der Waals surface area (Å²) >= 11 is 0. The van der Waals surface area contributed by atoms with Gasteiger partial charge in [0.25, 0.3) is 0 Å². The summed E-state index contributed by atoms with van der Waals surface area (Å²) in [5.74, 6) is 0.226. The maximum absolute atomic E-state index is 12.4. The van der Waals surface area contributed by atoms with Gasteiger partial charge >= 0.3 is 0 Å². The molecule has 1 fully saturated rings. The fraction of sp³-hybridized carbons (Fsp3) is 0.529. The molecule has 5 heteroatoms. The van der Waals surface area contributed by atoms with Gasteiger partial charge in [0.2, 0.25) is 11.8 Å². The zero-order chi connectivity index (χ0) is 15.9. The van der Waals surface area contributed by atoms with Gasteiger partial charge in [-0.2, -0.15) is 0 Å². The maximum Gasteiger partial charge on any atom is 0.226 e. The fourth-order valence-electron chi connectivity index (χ4n) is 2.98. The average Bonchev–Trinajstić information content (AvgIpc) is 2.73. The van der Waals surface area contributed by atoms with Crippen LogP contribution in [0, 0.1) is 5.92 Å². The highest BCUT2D eigenvalue weighted by molar-refractivity contribution is 5.79. The Labute approximate surface area is 131 Å². The third-order valence-corrected chi connectivity index (χ3v) is 4.30. The molecule has 1 aromatic carbocycles. The van der Waals surface area contributed by atoms with Crippen LogP contribution >= 0.6 is 0 Å². The number of hydrogen-bond donors (Lipinski definition) is 2. The van der Waals surface area contributed by atoms with Crippen LogP contribution in [0.4, 0.5) is 0 Å². The summed E-state index contributed by atoms with van der Waals surface area (Å²) in [5, 5.41) is 0. The molecule has 0 aliphatic carbocycles. The van der Waals surface area contributed by atoms with Gasteiger partial charge in [-0.1, -0.05) is 24.3 Å². The molecule has 1 aromatic rings. The minimum Gasteiger partial charge on any atom is -0.370 e. The zero-order valence-corrected chi connectivity index (χ0v) is 13.0. The zero-order valence-electron chi connectivity index (χ0n) is 13.0. The van der Waals surface area contributed by atoms with Crippen molar-refractivity contribution in [3.63, 3.8) is 0 Å². The molecular formula is C17H25N3O2. The fourth-order valence-corrected chi connectivity index (χ4v) is 2.98. The largest absolute Gasteiger partial charge is 0.370 e. The standard InChI is InChI=1S/C17H25N3O2/c18-12-15-5-3-14(4-6-15)11-17(22)20-8-1-2-13(7-9-20)10-16(19)21/h3-6,13H,1-2,7-12,18H2,(H2,19,21). The van der Waals surface area contributed by atoms with Crippen molar-refractivity contribution in [2.24, 2.45) is 17.4 Å². The Bertz CT molecular complexity index is 513. The van der Waals surface area contributed by atoms with E-state index < -0.39 is 0 Å². The normalized spacial score (nSPS) is 18.8. The van der Waals surface area contributed by atoms with Crippen LogP contribution in [0.1, 0.15) is 36.8 Å². The number of likely N-dealkylation sites (tertiary alicyclic amines) is 1. The Kier molecular flexibility index (Phi) is 5.95. The van der Waals surface area contributed by atoms with Crippen LogP contribution in [0.2, 0.25) is 0 Å². The van der Waals surface area contributed by atoms with Crippen molar-refractivity contribution >= 4 is 11.8 Å². The molecule has 0 radical (unpaired) electrons. The highest BCUT2D eigenvalue weighted by atomic mass is 16.2. The third-order valence-electron chi connectivity index (χ3n) is 4.30. The van der Waals surface area contributed by atoms with Crippen molar-refractivity contribution in [2.45, 2.75) is 38.6 Å². The van der Waals surface area contributed by atoms with Gasteiger partial charge in [0.15, 0.2) is 0 Å². The van der Waals surface area contributed by atoms with Gasteiger partial charge in [0.1, 0.15) is 0 Å². The monoisotopic (exact) mass is 303 g/mol. The van der Waals surface area contributed by atoms with Crippen LogP contribution in [0.3, 0.4) is 0 Å². The van der Waals surface area contributed by atoms with E-state index in [1.165, 1.54) is 0 Å². The molecule has 0 spiro atoms. The molecule has 22 heavy (non-hydrogen) atoms. The SMILES string of the molecule is NCc1ccc(CC(=O)N2CCCC(CC(N)=O)CC2)cc1. The smallest absolute Gasteiger partial charge is 0.226 e. The van der Waals surface area contributed by atoms with E-state index in [-0.39, 0.29) is 11.8 Å². The van der Waals surface area contributed by atoms with E-state index in [1.54, 1.807) is 0 Å². The summed E-state index contributed by atoms with van der Waals surface area (Å²) in [6.07, 6.45) is 3.63. The molecule has 120 valence electrons. The molecule has 1 saturated heterocycles. The lowest BCUT2D eigenvalue weighted by atomic mass is 9.97. The van der Waals surface area contributed by atoms with Crippen LogP contribution < -0.4 is 11.5 Å². The van der Waals surface area contributed by atoms with Crippen molar-refractivity contribution < 1.29 is 9.59 Å². The van der Waals surface area contributed by atoms with Gasteiger partial charge in [-0.05, 0) is 36.3 Å². The van der Waals surface area contributed by atoms with E-state index in [0.717, 1.165) is 43.5 Å². The maximum atomic E-state index is 12.4. The first-order valence-corrected chi connectivity index (χ1v) is 7.92. The predicted octanol–water partition coefficient (Wildman–Crippen LogP) is 1.19. The predicted molar refractivity (Wildman–Crippen MR) is 85.8 cm³/mol. The van der Waals surface area contributed by atoms with Gasteiger partial charge in [0, 0.05) is 26.1 Å². The Balaban J connectivity index is 1.87. The molecule has 0 bridgehead atoms. The van der Waals surface area contributed by atoms with E-state index in [4.69, 9.17) is 11.5 Å². The van der Waals surface area contributed by atoms with E-state index in [0.29, 0.717) is 25.3 Å². The number of primary amides is 1. The number of amides is 2. The number of rotatable bonds is 5. The molecule has 1 atom stereocenters. The lowest BCUT2D eigenvalue weighted by molar-refractivity contribution is -0.130. The summed E-state index contributed by atoms with van der Waals surface area (Å²) < 4.78 is 0. The van der Waals surface area contributed by atoms with Gasteiger partial charge < -0.3 is 16.4 Å². The molecule has 1 aliphatic rings. The van der Waals surface area contributed by atoms with Crippen LogP contribution in [-0.2, 0) is 22.6 Å². The van der Waals surface area contributed by atoms with Crippen molar-refractivity contribution in [1.82, 2.24) is 4.90 Å². The van der Waals surface area contributed by atoms with E-state index in [2.05, 4.69) is 0 Å². The number of carbonyl (C=O) groups is 2. The van der Waals surface area contributed by atoms with Crippen LogP contribution in [0.15, 0.2) is 24.3 Å². The highest BCUT2D eigenvalue weighted by Gasteiger charge is 2.21. The first-order chi connectivity index (χ1) is 10.6. The summed E-state index contributed by atoms with van der Waals surface area (Å²) in [6, 6.07) is 7.86. The molecule has 2 rings (SSSR count). The molecule has 0 aromatic heterocycles. The number of hydrogen-bond acceptors (Lipinski definition) is 3. The van der Waals surface area contributed by atoms with Crippen molar-refractivity contribution in [3.8, 4) is 0 Å². The summed E-state index contributed by atoms with van der Waals surface area (Å²) in [4.78, 5) is 25.3. The minimum absolute atomic E-state index is 0.153. The number of benzene rings is 1. The molecule has 1 unspecified atom stereocenters. The van der Waals surface area contributed by atoms with E-state index in [9.17, 15) is 9.59 Å². The van der Waals surface area contributed by atoms with Gasteiger partial charge in [-0.15, -0.1) is 0 Å². The molecule has 1 heterocycles. The second-order valence-corrected chi connectivity index (χ2v) is 6.05. The minimum atomic E-state index is -0.246. The first-order valence-electron chi connectivity index (χ1n) is 7.92. The third kappa shape index (κ3) is 4.84. The molecule has 0 saturated carbocycles. The van der Waals surface area contributed by atoms with Crippen molar-refractivity contribution in [1.29, 1.82) is 0 Å². The molecular weight excluding hydrogens is 278 g/mol. The van der Waals surface area contributed by atoms with Crippen LogP contribution in [0.25, 0.3) is 0 Å². The van der Waals surface area contributed by atoms with Crippen molar-refractivity contribution in [2.75, 3.05) is 13.1 Å². The molecule has 1 aliphatic heterocycles. The quantitative estimate of drug-likeness (QED) is 0.856. The highest BCUT2D eigenvalue weighted by Crippen LogP contribution is 2.21. The Morgan fingerprint density at radius 2 is 1.77 bits per heavy atom. The Morgan fingerprint density at radius 1 is 1.09 bits per heavy atom. The molecule has 4 N–H and O–H groups in total. The summed E-state index contributed by atoms with van der Waals surface area (Å²) in [5.41, 5.74) is 12.9. The summed E-state index contributed by atoms with van der Waals surface area (Å²) in [6.45, 7) is 2.01. The van der Waals surface area contributed by atoms with E-state index >= 15 is 0 Å². The number of carbonyl (C=O) groups excluding carboxylic acids is 2. The van der Waals surface area contributed by atoms with E-state index in [1.807, 2.05) is 29.2 Å². The average molecular weight is 303 g/mol. The first kappa shape index (κ1) is 16.5. The van der Waals surface area contributed by atoms with Gasteiger partial charge in [-0.25, -0.2) is 0 Å². The number of nitrogens with zero attached hydrogens (tertiary/aromatic N) is 1. The van der Waals surface area contributed by atoms with Crippen molar-refractivity contribution in [3.05, 3.63) is 35.4 Å².